The Morgan fingerprint density at radius 1 is 1.00 bits per heavy atom. The molecule has 3 heterocycles. The van der Waals surface area contributed by atoms with Gasteiger partial charge < -0.3 is 10.7 Å². The first-order valence-corrected chi connectivity index (χ1v) is 7.84. The molecular weight excluding hydrogens is 308 g/mol. The molecule has 3 N–H and O–H groups in total. The van der Waals surface area contributed by atoms with Crippen LogP contribution in [-0.4, -0.2) is 20.9 Å². The molecule has 1 amide bonds. The Balaban J connectivity index is 1.92. The number of fused-ring (bicyclic) bond motifs is 2. The number of nitrogens with zero attached hydrogens (tertiary/aromatic N) is 2. The summed E-state index contributed by atoms with van der Waals surface area (Å²) in [6, 6.07) is 13.6. The summed E-state index contributed by atoms with van der Waals surface area (Å²) in [5.74, 6) is -0.501. The van der Waals surface area contributed by atoms with Crippen molar-refractivity contribution in [2.24, 2.45) is 5.73 Å². The van der Waals surface area contributed by atoms with Gasteiger partial charge in [0.25, 0.3) is 5.91 Å². The minimum absolute atomic E-state index is 0.372. The van der Waals surface area contributed by atoms with Crippen molar-refractivity contribution in [3.63, 3.8) is 0 Å². The summed E-state index contributed by atoms with van der Waals surface area (Å²) in [6.07, 6.45) is 3.46. The number of para-hydroxylation sites is 1. The molecule has 0 bridgehead atoms. The highest BCUT2D eigenvalue weighted by Gasteiger charge is 2.18. The summed E-state index contributed by atoms with van der Waals surface area (Å²) in [6.45, 7) is 0. The average Bonchev–Trinajstić information content (AvgIpc) is 2.94. The number of benzene rings is 1. The predicted octanol–water partition coefficient (Wildman–Crippen LogP) is 3.36. The maximum Gasteiger partial charge on any atom is 0.266 e. The van der Waals surface area contributed by atoms with Crippen molar-refractivity contribution in [2.45, 2.75) is 9.79 Å². The molecule has 0 radical (unpaired) electrons. The van der Waals surface area contributed by atoms with Gasteiger partial charge in [0.15, 0.2) is 0 Å². The number of carbonyl (C=O) groups is 1. The van der Waals surface area contributed by atoms with Gasteiger partial charge in [-0.05, 0) is 24.3 Å². The average molecular weight is 320 g/mol. The minimum atomic E-state index is -0.501. The second-order valence-corrected chi connectivity index (χ2v) is 6.08. The zero-order chi connectivity index (χ0) is 15.8. The van der Waals surface area contributed by atoms with Crippen LogP contribution in [0.3, 0.4) is 0 Å². The number of hydrogen-bond acceptors (Lipinski definition) is 4. The Morgan fingerprint density at radius 2 is 1.74 bits per heavy atom. The molecular formula is C17H12N4OS. The first-order valence-electron chi connectivity index (χ1n) is 7.02. The zero-order valence-corrected chi connectivity index (χ0v) is 12.8. The van der Waals surface area contributed by atoms with E-state index in [-0.39, 0.29) is 0 Å². The Kier molecular flexibility index (Phi) is 3.24. The van der Waals surface area contributed by atoms with Gasteiger partial charge in [0.05, 0.1) is 15.9 Å². The Hall–Kier alpha value is -2.86. The molecule has 0 spiro atoms. The first kappa shape index (κ1) is 13.8. The van der Waals surface area contributed by atoms with E-state index in [1.54, 1.807) is 12.4 Å². The molecule has 23 heavy (non-hydrogen) atoms. The molecule has 0 fully saturated rings. The van der Waals surface area contributed by atoms with Crippen LogP contribution in [0.5, 0.6) is 0 Å². The lowest BCUT2D eigenvalue weighted by molar-refractivity contribution is 0.0993. The van der Waals surface area contributed by atoms with E-state index < -0.39 is 5.91 Å². The smallest absolute Gasteiger partial charge is 0.266 e. The van der Waals surface area contributed by atoms with E-state index in [9.17, 15) is 4.79 Å². The van der Waals surface area contributed by atoms with Gasteiger partial charge in [0, 0.05) is 22.7 Å². The molecule has 0 unspecified atom stereocenters. The lowest BCUT2D eigenvalue weighted by Crippen LogP contribution is -2.12. The van der Waals surface area contributed by atoms with Crippen LogP contribution in [0.15, 0.2) is 64.6 Å². The summed E-state index contributed by atoms with van der Waals surface area (Å²) in [4.78, 5) is 25.3. The zero-order valence-electron chi connectivity index (χ0n) is 12.0. The SMILES string of the molecule is NC(=O)c1[nH]c2cccnc2c1Sc1cccc2cccnc12. The van der Waals surface area contributed by atoms with Gasteiger partial charge in [-0.25, -0.2) is 0 Å². The first-order chi connectivity index (χ1) is 11.2. The molecule has 3 aromatic heterocycles. The van der Waals surface area contributed by atoms with Gasteiger partial charge in [-0.15, -0.1) is 0 Å². The molecule has 0 aliphatic heterocycles. The van der Waals surface area contributed by atoms with E-state index in [1.807, 2.05) is 42.5 Å². The fraction of sp³-hybridized carbons (Fsp3) is 0. The number of nitrogens with one attached hydrogen (secondary N) is 1. The second-order valence-electron chi connectivity index (χ2n) is 5.03. The van der Waals surface area contributed by atoms with Gasteiger partial charge in [0.2, 0.25) is 0 Å². The Labute approximate surface area is 135 Å². The third kappa shape index (κ3) is 2.33. The van der Waals surface area contributed by atoms with Crippen LogP contribution in [-0.2, 0) is 0 Å². The fourth-order valence-corrected chi connectivity index (χ4v) is 3.69. The van der Waals surface area contributed by atoms with Crippen molar-refractivity contribution in [3.05, 3.63) is 60.6 Å². The lowest BCUT2D eigenvalue weighted by Gasteiger charge is -2.05. The molecule has 1 aromatic carbocycles. The molecule has 0 aliphatic rings. The van der Waals surface area contributed by atoms with Crippen LogP contribution in [0.1, 0.15) is 10.5 Å². The van der Waals surface area contributed by atoms with Gasteiger partial charge in [0.1, 0.15) is 11.2 Å². The van der Waals surface area contributed by atoms with Gasteiger partial charge >= 0.3 is 0 Å². The number of carbonyl (C=O) groups excluding carboxylic acids is 1. The lowest BCUT2D eigenvalue weighted by atomic mass is 10.2. The fourth-order valence-electron chi connectivity index (χ4n) is 2.54. The van der Waals surface area contributed by atoms with Crippen LogP contribution in [0.25, 0.3) is 21.9 Å². The number of rotatable bonds is 3. The molecule has 0 saturated heterocycles. The third-order valence-corrected chi connectivity index (χ3v) is 4.71. The molecule has 6 heteroatoms. The highest BCUT2D eigenvalue weighted by Crippen LogP contribution is 2.38. The van der Waals surface area contributed by atoms with E-state index in [1.165, 1.54) is 11.8 Å². The van der Waals surface area contributed by atoms with E-state index >= 15 is 0 Å². The van der Waals surface area contributed by atoms with Crippen molar-refractivity contribution in [3.8, 4) is 0 Å². The summed E-state index contributed by atoms with van der Waals surface area (Å²) < 4.78 is 0. The van der Waals surface area contributed by atoms with Crippen LogP contribution in [0.2, 0.25) is 0 Å². The maximum atomic E-state index is 11.8. The summed E-state index contributed by atoms with van der Waals surface area (Å²) >= 11 is 1.45. The molecule has 4 rings (SSSR count). The minimum Gasteiger partial charge on any atom is -0.364 e. The van der Waals surface area contributed by atoms with Crippen LogP contribution < -0.4 is 5.73 Å². The molecule has 5 nitrogen and oxygen atoms in total. The van der Waals surface area contributed by atoms with Crippen molar-refractivity contribution >= 4 is 39.6 Å². The number of primary amides is 1. The largest absolute Gasteiger partial charge is 0.364 e. The van der Waals surface area contributed by atoms with E-state index in [0.717, 1.165) is 31.7 Å². The van der Waals surface area contributed by atoms with E-state index in [2.05, 4.69) is 15.0 Å². The number of amides is 1. The number of aromatic amines is 1. The van der Waals surface area contributed by atoms with Crippen LogP contribution in [0.4, 0.5) is 0 Å². The van der Waals surface area contributed by atoms with Gasteiger partial charge in [-0.1, -0.05) is 30.0 Å². The monoisotopic (exact) mass is 320 g/mol. The van der Waals surface area contributed by atoms with Crippen molar-refractivity contribution in [1.29, 1.82) is 0 Å². The summed E-state index contributed by atoms with van der Waals surface area (Å²) in [5.41, 5.74) is 8.30. The summed E-state index contributed by atoms with van der Waals surface area (Å²) in [5, 5.41) is 1.05. The second kappa shape index (κ2) is 5.40. The molecule has 0 aliphatic carbocycles. The number of aromatic nitrogens is 3. The van der Waals surface area contributed by atoms with Gasteiger partial charge in [-0.3, -0.25) is 14.8 Å². The van der Waals surface area contributed by atoms with Crippen molar-refractivity contribution in [1.82, 2.24) is 15.0 Å². The maximum absolute atomic E-state index is 11.8. The Bertz CT molecular complexity index is 1040. The number of hydrogen-bond donors (Lipinski definition) is 2. The quantitative estimate of drug-likeness (QED) is 0.606. The van der Waals surface area contributed by atoms with Crippen molar-refractivity contribution in [2.75, 3.05) is 0 Å². The number of H-pyrrole nitrogens is 1. The van der Waals surface area contributed by atoms with Crippen LogP contribution >= 0.6 is 11.8 Å². The topological polar surface area (TPSA) is 84.7 Å². The van der Waals surface area contributed by atoms with E-state index in [4.69, 9.17) is 5.73 Å². The third-order valence-electron chi connectivity index (χ3n) is 3.56. The molecule has 0 atom stereocenters. The van der Waals surface area contributed by atoms with Gasteiger partial charge in [-0.2, -0.15) is 0 Å². The highest BCUT2D eigenvalue weighted by molar-refractivity contribution is 7.99. The standard InChI is InChI=1S/C17H12N4OS/c18-17(22)15-16(14-11(21-15)6-3-9-20-14)23-12-7-1-4-10-5-2-8-19-13(10)12/h1-9,21H,(H2,18,22). The predicted molar refractivity (Wildman–Crippen MR) is 90.5 cm³/mol. The number of nitrogens with two attached hydrogens (primary N) is 1. The highest BCUT2D eigenvalue weighted by atomic mass is 32.2. The van der Waals surface area contributed by atoms with E-state index in [0.29, 0.717) is 5.69 Å². The molecule has 112 valence electrons. The molecule has 0 saturated carbocycles. The summed E-state index contributed by atoms with van der Waals surface area (Å²) in [7, 11) is 0. The van der Waals surface area contributed by atoms with Crippen LogP contribution in [0, 0.1) is 0 Å². The normalized spacial score (nSPS) is 11.1. The van der Waals surface area contributed by atoms with Crippen molar-refractivity contribution < 1.29 is 4.79 Å². The Morgan fingerprint density at radius 3 is 2.57 bits per heavy atom. The number of pyridine rings is 2. The molecule has 4 aromatic rings.